The highest BCUT2D eigenvalue weighted by atomic mass is 32.2. The minimum atomic E-state index is 0.153. The van der Waals surface area contributed by atoms with Crippen LogP contribution in [0.3, 0.4) is 0 Å². The number of hydrogen-bond donors (Lipinski definition) is 0. The molecule has 2 aliphatic heterocycles. The maximum atomic E-state index is 12.6. The molecule has 1 amide bonds. The molecule has 5 rings (SSSR count). The second-order valence-corrected chi connectivity index (χ2v) is 8.07. The lowest BCUT2D eigenvalue weighted by molar-refractivity contribution is -0.128. The van der Waals surface area contributed by atoms with Gasteiger partial charge in [0.05, 0.1) is 11.4 Å². The molecule has 2 aromatic heterocycles. The molecule has 9 heteroatoms. The maximum Gasteiger partial charge on any atom is 0.233 e. The maximum absolute atomic E-state index is 12.6. The summed E-state index contributed by atoms with van der Waals surface area (Å²) in [5.74, 6) is 1.95. The van der Waals surface area contributed by atoms with Gasteiger partial charge in [0.15, 0.2) is 17.1 Å². The fraction of sp³-hybridized carbons (Fsp3) is 0.400. The Hall–Kier alpha value is -2.81. The summed E-state index contributed by atoms with van der Waals surface area (Å²) < 4.78 is 12.5. The molecule has 0 saturated carbocycles. The summed E-state index contributed by atoms with van der Waals surface area (Å²) in [6.45, 7) is 1.95. The van der Waals surface area contributed by atoms with Gasteiger partial charge >= 0.3 is 0 Å². The van der Waals surface area contributed by atoms with Crippen molar-refractivity contribution in [2.24, 2.45) is 0 Å². The smallest absolute Gasteiger partial charge is 0.233 e. The van der Waals surface area contributed by atoms with Gasteiger partial charge in [0.25, 0.3) is 0 Å². The number of nitrogens with zero attached hydrogens (tertiary/aromatic N) is 5. The molecule has 3 aromatic rings. The number of thioether (sulfide) groups is 1. The Kier molecular flexibility index (Phi) is 4.97. The van der Waals surface area contributed by atoms with E-state index in [1.807, 2.05) is 35.2 Å². The van der Waals surface area contributed by atoms with Gasteiger partial charge in [0, 0.05) is 18.7 Å². The molecule has 150 valence electrons. The molecule has 8 nitrogen and oxygen atoms in total. The second-order valence-electron chi connectivity index (χ2n) is 7.12. The van der Waals surface area contributed by atoms with Gasteiger partial charge in [-0.1, -0.05) is 24.6 Å². The summed E-state index contributed by atoms with van der Waals surface area (Å²) in [5.41, 5.74) is 2.34. The van der Waals surface area contributed by atoms with E-state index in [4.69, 9.17) is 9.47 Å². The minimum Gasteiger partial charge on any atom is -0.454 e. The fourth-order valence-corrected chi connectivity index (χ4v) is 4.40. The van der Waals surface area contributed by atoms with Crippen LogP contribution in [0.1, 0.15) is 25.7 Å². The van der Waals surface area contributed by atoms with Crippen LogP contribution in [0.5, 0.6) is 11.5 Å². The molecular formula is C20H21N5O3S. The zero-order chi connectivity index (χ0) is 19.6. The molecule has 0 bridgehead atoms. The monoisotopic (exact) mass is 411 g/mol. The van der Waals surface area contributed by atoms with Crippen LogP contribution < -0.4 is 9.47 Å². The number of carbonyl (C=O) groups excluding carboxylic acids is 1. The van der Waals surface area contributed by atoms with E-state index in [2.05, 4.69) is 15.3 Å². The molecule has 4 heterocycles. The van der Waals surface area contributed by atoms with Gasteiger partial charge in [-0.25, -0.2) is 0 Å². The Morgan fingerprint density at radius 2 is 1.83 bits per heavy atom. The van der Waals surface area contributed by atoms with E-state index in [1.54, 1.807) is 4.52 Å². The fourth-order valence-electron chi connectivity index (χ4n) is 3.61. The van der Waals surface area contributed by atoms with Crippen molar-refractivity contribution in [3.63, 3.8) is 0 Å². The minimum absolute atomic E-state index is 0.153. The highest BCUT2D eigenvalue weighted by Crippen LogP contribution is 2.35. The van der Waals surface area contributed by atoms with Crippen LogP contribution in [0.15, 0.2) is 35.5 Å². The lowest BCUT2D eigenvalue weighted by Crippen LogP contribution is -2.33. The Labute approximate surface area is 172 Å². The van der Waals surface area contributed by atoms with Crippen molar-refractivity contribution >= 4 is 23.3 Å². The van der Waals surface area contributed by atoms with Gasteiger partial charge in [-0.05, 0) is 43.2 Å². The molecule has 1 fully saturated rings. The lowest BCUT2D eigenvalue weighted by Gasteiger charge is -2.19. The number of carbonyl (C=O) groups is 1. The summed E-state index contributed by atoms with van der Waals surface area (Å²) in [6, 6.07) is 9.52. The second kappa shape index (κ2) is 7.90. The molecule has 0 aliphatic carbocycles. The first-order chi connectivity index (χ1) is 14.3. The van der Waals surface area contributed by atoms with Crippen molar-refractivity contribution in [2.75, 3.05) is 25.6 Å². The first-order valence-corrected chi connectivity index (χ1v) is 10.8. The molecule has 0 atom stereocenters. The van der Waals surface area contributed by atoms with Crippen molar-refractivity contribution < 1.29 is 14.3 Å². The van der Waals surface area contributed by atoms with Gasteiger partial charge in [-0.2, -0.15) is 9.61 Å². The SMILES string of the molecule is O=C(CSc1nnc2ccc(-c3ccc4c(c3)OCO4)nn12)N1CCCCCC1. The zero-order valence-electron chi connectivity index (χ0n) is 15.9. The van der Waals surface area contributed by atoms with E-state index < -0.39 is 0 Å². The van der Waals surface area contributed by atoms with Gasteiger partial charge < -0.3 is 14.4 Å². The van der Waals surface area contributed by atoms with Crippen molar-refractivity contribution in [3.05, 3.63) is 30.3 Å². The first kappa shape index (κ1) is 18.2. The molecule has 0 unspecified atom stereocenters. The summed E-state index contributed by atoms with van der Waals surface area (Å²) in [7, 11) is 0. The zero-order valence-corrected chi connectivity index (χ0v) is 16.7. The molecule has 1 aromatic carbocycles. The topological polar surface area (TPSA) is 81.8 Å². The van der Waals surface area contributed by atoms with Crippen LogP contribution in [0, 0.1) is 0 Å². The summed E-state index contributed by atoms with van der Waals surface area (Å²) in [4.78, 5) is 14.5. The molecule has 1 saturated heterocycles. The summed E-state index contributed by atoms with van der Waals surface area (Å²) in [6.07, 6.45) is 4.59. The third-order valence-electron chi connectivity index (χ3n) is 5.19. The van der Waals surface area contributed by atoms with Crippen molar-refractivity contribution in [1.29, 1.82) is 0 Å². The molecular weight excluding hydrogens is 390 g/mol. The van der Waals surface area contributed by atoms with Gasteiger partial charge in [0.2, 0.25) is 17.9 Å². The summed E-state index contributed by atoms with van der Waals surface area (Å²) >= 11 is 1.38. The van der Waals surface area contributed by atoms with Gasteiger partial charge in [0.1, 0.15) is 0 Å². The van der Waals surface area contributed by atoms with E-state index in [1.165, 1.54) is 24.6 Å². The summed E-state index contributed by atoms with van der Waals surface area (Å²) in [5, 5.41) is 13.7. The van der Waals surface area contributed by atoms with Crippen LogP contribution in [-0.2, 0) is 4.79 Å². The number of amides is 1. The third-order valence-corrected chi connectivity index (χ3v) is 6.09. The Balaban J connectivity index is 1.35. The van der Waals surface area contributed by atoms with E-state index in [9.17, 15) is 4.79 Å². The van der Waals surface area contributed by atoms with E-state index in [0.717, 1.165) is 42.9 Å². The predicted octanol–water partition coefficient (Wildman–Crippen LogP) is 3.01. The number of benzene rings is 1. The van der Waals surface area contributed by atoms with E-state index >= 15 is 0 Å². The Morgan fingerprint density at radius 3 is 2.69 bits per heavy atom. The predicted molar refractivity (Wildman–Crippen MR) is 108 cm³/mol. The number of hydrogen-bond acceptors (Lipinski definition) is 7. The van der Waals surface area contributed by atoms with Crippen LogP contribution in [0.25, 0.3) is 16.9 Å². The van der Waals surface area contributed by atoms with Crippen LogP contribution >= 0.6 is 11.8 Å². The molecule has 0 spiro atoms. The highest BCUT2D eigenvalue weighted by molar-refractivity contribution is 7.99. The number of ether oxygens (including phenoxy) is 2. The highest BCUT2D eigenvalue weighted by Gasteiger charge is 2.18. The van der Waals surface area contributed by atoms with Gasteiger partial charge in [-0.15, -0.1) is 10.2 Å². The van der Waals surface area contributed by atoms with E-state index in [-0.39, 0.29) is 12.7 Å². The average molecular weight is 411 g/mol. The first-order valence-electron chi connectivity index (χ1n) is 9.81. The Morgan fingerprint density at radius 1 is 1.00 bits per heavy atom. The van der Waals surface area contributed by atoms with Crippen molar-refractivity contribution in [2.45, 2.75) is 30.8 Å². The molecule has 2 aliphatic rings. The van der Waals surface area contributed by atoms with Crippen molar-refractivity contribution in [1.82, 2.24) is 24.7 Å². The number of rotatable bonds is 4. The number of fused-ring (bicyclic) bond motifs is 2. The normalized spacial score (nSPS) is 16.2. The van der Waals surface area contributed by atoms with E-state index in [0.29, 0.717) is 22.3 Å². The van der Waals surface area contributed by atoms with Crippen LogP contribution in [0.4, 0.5) is 0 Å². The van der Waals surface area contributed by atoms with Crippen LogP contribution in [0.2, 0.25) is 0 Å². The molecule has 0 radical (unpaired) electrons. The Bertz CT molecular complexity index is 1050. The molecule has 29 heavy (non-hydrogen) atoms. The lowest BCUT2D eigenvalue weighted by atomic mass is 10.1. The van der Waals surface area contributed by atoms with Crippen molar-refractivity contribution in [3.8, 4) is 22.8 Å². The standard InChI is InChI=1S/C20H21N5O3S/c26-19(24-9-3-1-2-4-10-24)12-29-20-22-21-18-8-6-15(23-25(18)20)14-5-7-16-17(11-14)28-13-27-16/h5-8,11H,1-4,9-10,12-13H2. The van der Waals surface area contributed by atoms with Crippen LogP contribution in [-0.4, -0.2) is 56.3 Å². The number of likely N-dealkylation sites (tertiary alicyclic amines) is 1. The third kappa shape index (κ3) is 3.74. The average Bonchev–Trinajstić information content (AvgIpc) is 3.29. The number of aromatic nitrogens is 4. The van der Waals surface area contributed by atoms with Gasteiger partial charge in [-0.3, -0.25) is 4.79 Å². The largest absolute Gasteiger partial charge is 0.454 e. The molecule has 0 N–H and O–H groups in total. The quantitative estimate of drug-likeness (QED) is 0.611.